The van der Waals surface area contributed by atoms with Gasteiger partial charge in [-0.1, -0.05) is 30.3 Å². The molecule has 5 rings (SSSR count). The van der Waals surface area contributed by atoms with E-state index in [4.69, 9.17) is 0 Å². The molecule has 6 heteroatoms. The van der Waals surface area contributed by atoms with Crippen LogP contribution in [0.2, 0.25) is 0 Å². The van der Waals surface area contributed by atoms with Crippen molar-refractivity contribution in [3.05, 3.63) is 89.5 Å². The molecule has 0 aromatic heterocycles. The third-order valence-electron chi connectivity index (χ3n) is 6.83. The fourth-order valence-electron chi connectivity index (χ4n) is 4.96. The van der Waals surface area contributed by atoms with Crippen molar-refractivity contribution in [2.24, 2.45) is 0 Å². The number of hydrogen-bond acceptors (Lipinski definition) is 4. The first-order valence-electron chi connectivity index (χ1n) is 12.1. The highest BCUT2D eigenvalue weighted by Gasteiger charge is 2.31. The van der Waals surface area contributed by atoms with E-state index in [1.807, 2.05) is 37.4 Å². The molecule has 2 N–H and O–H groups in total. The molecule has 2 heterocycles. The average molecular weight is 467 g/mol. The molecule has 35 heavy (non-hydrogen) atoms. The Kier molecular flexibility index (Phi) is 6.27. The smallest absolute Gasteiger partial charge is 0.258 e. The molecule has 178 valence electrons. The molecule has 1 fully saturated rings. The molecule has 3 aromatic rings. The van der Waals surface area contributed by atoms with E-state index in [1.165, 1.54) is 24.9 Å². The van der Waals surface area contributed by atoms with E-state index in [0.29, 0.717) is 16.8 Å². The molecule has 0 bridgehead atoms. The zero-order valence-corrected chi connectivity index (χ0v) is 20.2. The first-order chi connectivity index (χ1) is 17.1. The van der Waals surface area contributed by atoms with Gasteiger partial charge in [-0.15, -0.1) is 0 Å². The minimum Gasteiger partial charge on any atom is -0.372 e. The minimum atomic E-state index is -0.186. The van der Waals surface area contributed by atoms with Crippen LogP contribution in [0.15, 0.2) is 72.8 Å². The van der Waals surface area contributed by atoms with Gasteiger partial charge in [0.1, 0.15) is 0 Å². The van der Waals surface area contributed by atoms with Gasteiger partial charge in [0, 0.05) is 55.4 Å². The Hall–Kier alpha value is -4.06. The first kappa shape index (κ1) is 22.7. The van der Waals surface area contributed by atoms with Gasteiger partial charge in [0.25, 0.3) is 11.8 Å². The number of rotatable bonds is 5. The van der Waals surface area contributed by atoms with Gasteiger partial charge in [0.15, 0.2) is 0 Å². The van der Waals surface area contributed by atoms with Crippen molar-refractivity contribution in [2.45, 2.75) is 19.3 Å². The molecular weight excluding hydrogens is 436 g/mol. The van der Waals surface area contributed by atoms with Crippen molar-refractivity contribution < 1.29 is 9.59 Å². The fourth-order valence-corrected chi connectivity index (χ4v) is 4.96. The van der Waals surface area contributed by atoms with Crippen molar-refractivity contribution in [3.63, 3.8) is 0 Å². The van der Waals surface area contributed by atoms with E-state index in [2.05, 4.69) is 44.7 Å². The number of fused-ring (bicyclic) bond motifs is 1. The molecule has 0 radical (unpaired) electrons. The second-order valence-electron chi connectivity index (χ2n) is 9.01. The van der Waals surface area contributed by atoms with Gasteiger partial charge in [-0.3, -0.25) is 9.59 Å². The molecular formula is C29H30N4O2. The molecule has 2 aliphatic rings. The fraction of sp³-hybridized carbons (Fsp3) is 0.241. The van der Waals surface area contributed by atoms with Crippen molar-refractivity contribution in [1.82, 2.24) is 5.32 Å². The molecule has 2 aliphatic heterocycles. The summed E-state index contributed by atoms with van der Waals surface area (Å²) in [6, 6.07) is 23.8. The van der Waals surface area contributed by atoms with Gasteiger partial charge in [-0.05, 0) is 67.3 Å². The summed E-state index contributed by atoms with van der Waals surface area (Å²) in [5.41, 5.74) is 6.45. The van der Waals surface area contributed by atoms with Crippen LogP contribution in [0.4, 0.5) is 17.1 Å². The highest BCUT2D eigenvalue weighted by Crippen LogP contribution is 2.40. The van der Waals surface area contributed by atoms with Crippen LogP contribution in [-0.2, 0) is 4.79 Å². The normalized spacial score (nSPS) is 16.4. The number of piperidine rings is 1. The lowest BCUT2D eigenvalue weighted by atomic mass is 9.97. The summed E-state index contributed by atoms with van der Waals surface area (Å²) in [5.74, 6) is -0.362. The Balaban J connectivity index is 1.60. The number of nitrogens with zero attached hydrogens (tertiary/aromatic N) is 2. The monoisotopic (exact) mass is 466 g/mol. The van der Waals surface area contributed by atoms with E-state index in [9.17, 15) is 9.59 Å². The Labute approximate surface area is 206 Å². The van der Waals surface area contributed by atoms with Crippen molar-refractivity contribution in [1.29, 1.82) is 0 Å². The van der Waals surface area contributed by atoms with E-state index >= 15 is 0 Å². The Morgan fingerprint density at radius 1 is 0.914 bits per heavy atom. The molecule has 6 nitrogen and oxygen atoms in total. The van der Waals surface area contributed by atoms with Crippen LogP contribution in [0.25, 0.3) is 11.3 Å². The summed E-state index contributed by atoms with van der Waals surface area (Å²) in [4.78, 5) is 30.1. The van der Waals surface area contributed by atoms with Crippen LogP contribution >= 0.6 is 0 Å². The molecule has 1 saturated heterocycles. The zero-order chi connectivity index (χ0) is 24.4. The molecule has 0 saturated carbocycles. The Morgan fingerprint density at radius 3 is 2.31 bits per heavy atom. The van der Waals surface area contributed by atoms with Gasteiger partial charge in [-0.2, -0.15) is 0 Å². The van der Waals surface area contributed by atoms with E-state index in [0.717, 1.165) is 35.6 Å². The molecule has 0 aliphatic carbocycles. The van der Waals surface area contributed by atoms with Gasteiger partial charge < -0.3 is 20.4 Å². The predicted octanol–water partition coefficient (Wildman–Crippen LogP) is 4.99. The van der Waals surface area contributed by atoms with Crippen LogP contribution in [-0.4, -0.2) is 39.0 Å². The maximum atomic E-state index is 13.3. The average Bonchev–Trinajstić information content (AvgIpc) is 3.24. The van der Waals surface area contributed by atoms with E-state index in [-0.39, 0.29) is 11.8 Å². The second kappa shape index (κ2) is 9.66. The topological polar surface area (TPSA) is 64.7 Å². The molecule has 0 spiro atoms. The third-order valence-corrected chi connectivity index (χ3v) is 6.83. The lowest BCUT2D eigenvalue weighted by Gasteiger charge is -2.30. The lowest BCUT2D eigenvalue weighted by molar-refractivity contribution is -0.110. The van der Waals surface area contributed by atoms with Crippen molar-refractivity contribution in [3.8, 4) is 0 Å². The van der Waals surface area contributed by atoms with Crippen LogP contribution in [0.5, 0.6) is 0 Å². The maximum Gasteiger partial charge on any atom is 0.258 e. The summed E-state index contributed by atoms with van der Waals surface area (Å²) in [5, 5.41) is 5.64. The number of hydrogen-bond donors (Lipinski definition) is 2. The summed E-state index contributed by atoms with van der Waals surface area (Å²) < 4.78 is 0. The number of amides is 2. The summed E-state index contributed by atoms with van der Waals surface area (Å²) in [6.45, 7) is 2.19. The van der Waals surface area contributed by atoms with E-state index in [1.54, 1.807) is 25.2 Å². The summed E-state index contributed by atoms with van der Waals surface area (Å²) in [7, 11) is 3.59. The summed E-state index contributed by atoms with van der Waals surface area (Å²) in [6.07, 6.45) is 3.77. The molecule has 2 amide bonds. The number of nitrogens with one attached hydrogen (secondary N) is 2. The number of benzene rings is 3. The standard InChI is InChI=1S/C29H30N4O2/c1-30-28(34)21-11-16-25-24(19-21)26(29(35)31-25)27(20-9-5-3-6-10-20)32(2)22-12-14-23(15-13-22)33-17-7-4-8-18-33/h3,5-6,9-16,19H,4,7-8,17-18H2,1-2H3,(H,30,34)(H,31,35)/b27-26-. The summed E-state index contributed by atoms with van der Waals surface area (Å²) >= 11 is 0. The van der Waals surface area contributed by atoms with Crippen LogP contribution in [0.3, 0.4) is 0 Å². The quantitative estimate of drug-likeness (QED) is 0.520. The highest BCUT2D eigenvalue weighted by molar-refractivity contribution is 6.37. The largest absolute Gasteiger partial charge is 0.372 e. The van der Waals surface area contributed by atoms with Gasteiger partial charge in [0.2, 0.25) is 0 Å². The van der Waals surface area contributed by atoms with Crippen LogP contribution < -0.4 is 20.4 Å². The van der Waals surface area contributed by atoms with Crippen LogP contribution in [0.1, 0.15) is 40.7 Å². The van der Waals surface area contributed by atoms with Crippen molar-refractivity contribution >= 4 is 40.1 Å². The molecule has 0 atom stereocenters. The minimum absolute atomic E-state index is 0.176. The predicted molar refractivity (Wildman–Crippen MR) is 143 cm³/mol. The van der Waals surface area contributed by atoms with Gasteiger partial charge in [0.05, 0.1) is 11.3 Å². The van der Waals surface area contributed by atoms with E-state index < -0.39 is 0 Å². The lowest BCUT2D eigenvalue weighted by Crippen LogP contribution is -2.29. The third kappa shape index (κ3) is 4.39. The number of anilines is 3. The molecule has 3 aromatic carbocycles. The SMILES string of the molecule is CNC(=O)c1ccc2c(c1)/C(=C(\c1ccccc1)N(C)c1ccc(N3CCCCC3)cc1)C(=O)N2. The van der Waals surface area contributed by atoms with Crippen LogP contribution in [0, 0.1) is 0 Å². The Bertz CT molecular complexity index is 1280. The Morgan fingerprint density at radius 2 is 1.63 bits per heavy atom. The maximum absolute atomic E-state index is 13.3. The van der Waals surface area contributed by atoms with Gasteiger partial charge in [-0.25, -0.2) is 0 Å². The second-order valence-corrected chi connectivity index (χ2v) is 9.01. The highest BCUT2D eigenvalue weighted by atomic mass is 16.2. The zero-order valence-electron chi connectivity index (χ0n) is 20.2. The van der Waals surface area contributed by atoms with Crippen molar-refractivity contribution in [2.75, 3.05) is 42.3 Å². The number of carbonyl (C=O) groups is 2. The first-order valence-corrected chi connectivity index (χ1v) is 12.1. The molecule has 0 unspecified atom stereocenters. The number of carbonyl (C=O) groups excluding carboxylic acids is 2. The van der Waals surface area contributed by atoms with Gasteiger partial charge >= 0.3 is 0 Å².